The van der Waals surface area contributed by atoms with E-state index in [1.54, 1.807) is 28.8 Å². The van der Waals surface area contributed by atoms with Crippen LogP contribution in [0.15, 0.2) is 60.7 Å². The number of rotatable bonds is 2. The second-order valence-electron chi connectivity index (χ2n) is 5.23. The Bertz CT molecular complexity index is 965. The number of benzene rings is 3. The number of primary amides is 1. The zero-order valence-corrected chi connectivity index (χ0v) is 11.6. The molecule has 4 nitrogen and oxygen atoms in total. The van der Waals surface area contributed by atoms with Crippen LogP contribution in [0, 0.1) is 0 Å². The topological polar surface area (TPSA) is 65.1 Å². The molecule has 0 unspecified atom stereocenters. The average molecular weight is 288 g/mol. The van der Waals surface area contributed by atoms with Gasteiger partial charge in [-0.3, -0.25) is 14.2 Å². The van der Waals surface area contributed by atoms with Crippen molar-refractivity contribution in [3.05, 3.63) is 71.8 Å². The lowest BCUT2D eigenvalue weighted by Gasteiger charge is -2.05. The molecule has 4 aromatic rings. The molecule has 1 aromatic heterocycles. The molecule has 2 N–H and O–H groups in total. The van der Waals surface area contributed by atoms with Crippen molar-refractivity contribution in [3.8, 4) is 0 Å². The second kappa shape index (κ2) is 4.43. The minimum Gasteiger partial charge on any atom is -0.366 e. The fourth-order valence-electron chi connectivity index (χ4n) is 2.92. The zero-order valence-electron chi connectivity index (χ0n) is 11.6. The summed E-state index contributed by atoms with van der Waals surface area (Å²) in [5.41, 5.74) is 7.92. The monoisotopic (exact) mass is 288 g/mol. The molecule has 0 fully saturated rings. The Balaban J connectivity index is 1.90. The molecule has 3 aromatic carbocycles. The first-order chi connectivity index (χ1) is 10.7. The minimum absolute atomic E-state index is 0.117. The molecule has 0 aliphatic rings. The first kappa shape index (κ1) is 12.6. The van der Waals surface area contributed by atoms with Gasteiger partial charge in [0.25, 0.3) is 5.91 Å². The Kier molecular flexibility index (Phi) is 2.53. The Morgan fingerprint density at radius 2 is 1.23 bits per heavy atom. The molecule has 0 spiro atoms. The quantitative estimate of drug-likeness (QED) is 0.616. The molecule has 4 rings (SSSR count). The molecule has 4 bridgehead atoms. The van der Waals surface area contributed by atoms with Gasteiger partial charge < -0.3 is 5.73 Å². The van der Waals surface area contributed by atoms with Crippen molar-refractivity contribution in [1.29, 1.82) is 0 Å². The summed E-state index contributed by atoms with van der Waals surface area (Å²) in [5.74, 6) is -0.620. The van der Waals surface area contributed by atoms with Crippen molar-refractivity contribution in [2.75, 3.05) is 0 Å². The summed E-state index contributed by atoms with van der Waals surface area (Å²) >= 11 is 0. The van der Waals surface area contributed by atoms with Crippen LogP contribution in [0.2, 0.25) is 0 Å². The van der Waals surface area contributed by atoms with Crippen LogP contribution in [-0.4, -0.2) is 16.4 Å². The van der Waals surface area contributed by atoms with Crippen LogP contribution in [-0.2, 0) is 0 Å². The number of hydrogen-bond donors (Lipinski definition) is 1. The lowest BCUT2D eigenvalue weighted by molar-refractivity contribution is 0.0965. The fourth-order valence-corrected chi connectivity index (χ4v) is 2.92. The van der Waals surface area contributed by atoms with Gasteiger partial charge in [0.05, 0.1) is 11.0 Å². The molecule has 0 atom stereocenters. The summed E-state index contributed by atoms with van der Waals surface area (Å²) in [6.45, 7) is 0. The highest BCUT2D eigenvalue weighted by atomic mass is 16.2. The molecule has 4 heteroatoms. The van der Waals surface area contributed by atoms with E-state index in [0.29, 0.717) is 11.1 Å². The van der Waals surface area contributed by atoms with E-state index < -0.39 is 5.91 Å². The van der Waals surface area contributed by atoms with E-state index in [4.69, 9.17) is 5.73 Å². The normalized spacial score (nSPS) is 11.3. The molecular formula is C18H12N2O2. The smallest absolute Gasteiger partial charge is 0.262 e. The SMILES string of the molecule is NC(=O)c1ccc(C(=O)n2c3cccc4c3cccc42)cc1. The molecular weight excluding hydrogens is 276 g/mol. The summed E-state index contributed by atoms with van der Waals surface area (Å²) in [5, 5.41) is 2.14. The minimum atomic E-state index is -0.503. The first-order valence-electron chi connectivity index (χ1n) is 6.93. The standard InChI is InChI=1S/C18H12N2O2/c19-17(21)11-7-9-12(10-8-11)18(22)20-15-5-1-3-13-14(15)4-2-6-16(13)20/h1-10H,(H2,19,21). The number of hydrogen-bond acceptors (Lipinski definition) is 2. The van der Waals surface area contributed by atoms with Gasteiger partial charge in [0.1, 0.15) is 0 Å². The van der Waals surface area contributed by atoms with E-state index in [9.17, 15) is 9.59 Å². The Labute approximate surface area is 126 Å². The molecule has 1 amide bonds. The van der Waals surface area contributed by atoms with Crippen LogP contribution >= 0.6 is 0 Å². The van der Waals surface area contributed by atoms with Crippen molar-refractivity contribution in [3.63, 3.8) is 0 Å². The third kappa shape index (κ3) is 1.64. The Morgan fingerprint density at radius 1 is 0.727 bits per heavy atom. The number of amides is 1. The van der Waals surface area contributed by atoms with E-state index in [1.165, 1.54) is 0 Å². The molecule has 0 saturated heterocycles. The van der Waals surface area contributed by atoms with Crippen molar-refractivity contribution in [2.45, 2.75) is 0 Å². The van der Waals surface area contributed by atoms with E-state index in [1.807, 2.05) is 36.4 Å². The van der Waals surface area contributed by atoms with Crippen LogP contribution in [0.1, 0.15) is 20.7 Å². The molecule has 0 aliphatic heterocycles. The lowest BCUT2D eigenvalue weighted by Crippen LogP contribution is -2.13. The predicted octanol–water partition coefficient (Wildman–Crippen LogP) is 3.02. The van der Waals surface area contributed by atoms with Crippen molar-refractivity contribution in [1.82, 2.24) is 4.57 Å². The van der Waals surface area contributed by atoms with Crippen molar-refractivity contribution < 1.29 is 9.59 Å². The first-order valence-corrected chi connectivity index (χ1v) is 6.93. The summed E-state index contributed by atoms with van der Waals surface area (Å²) in [7, 11) is 0. The number of nitrogens with zero attached hydrogens (tertiary/aromatic N) is 1. The van der Waals surface area contributed by atoms with Gasteiger partial charge in [-0.05, 0) is 36.4 Å². The maximum Gasteiger partial charge on any atom is 0.262 e. The van der Waals surface area contributed by atoms with Crippen LogP contribution in [0.3, 0.4) is 0 Å². The highest BCUT2D eigenvalue weighted by Crippen LogP contribution is 2.31. The van der Waals surface area contributed by atoms with E-state index >= 15 is 0 Å². The maximum absolute atomic E-state index is 12.9. The van der Waals surface area contributed by atoms with E-state index in [-0.39, 0.29) is 5.91 Å². The van der Waals surface area contributed by atoms with Gasteiger partial charge in [-0.2, -0.15) is 0 Å². The molecule has 0 aliphatic carbocycles. The number of aromatic nitrogens is 1. The molecule has 22 heavy (non-hydrogen) atoms. The van der Waals surface area contributed by atoms with Crippen LogP contribution in [0.5, 0.6) is 0 Å². The van der Waals surface area contributed by atoms with Gasteiger partial charge in [0.2, 0.25) is 5.91 Å². The molecule has 106 valence electrons. The summed E-state index contributed by atoms with van der Waals surface area (Å²) < 4.78 is 1.71. The molecule has 1 heterocycles. The Morgan fingerprint density at radius 3 is 1.73 bits per heavy atom. The number of carbonyl (C=O) groups is 2. The van der Waals surface area contributed by atoms with Crippen LogP contribution in [0.4, 0.5) is 0 Å². The van der Waals surface area contributed by atoms with Gasteiger partial charge in [0.15, 0.2) is 0 Å². The van der Waals surface area contributed by atoms with Crippen LogP contribution in [0.25, 0.3) is 21.8 Å². The van der Waals surface area contributed by atoms with Crippen LogP contribution < -0.4 is 5.73 Å². The highest BCUT2D eigenvalue weighted by molar-refractivity contribution is 6.17. The predicted molar refractivity (Wildman–Crippen MR) is 85.3 cm³/mol. The van der Waals surface area contributed by atoms with E-state index in [2.05, 4.69) is 0 Å². The van der Waals surface area contributed by atoms with Crippen molar-refractivity contribution in [2.24, 2.45) is 5.73 Å². The van der Waals surface area contributed by atoms with Crippen molar-refractivity contribution >= 4 is 33.6 Å². The molecule has 0 saturated carbocycles. The zero-order chi connectivity index (χ0) is 15.3. The maximum atomic E-state index is 12.9. The largest absolute Gasteiger partial charge is 0.366 e. The number of nitrogens with two attached hydrogens (primary N) is 1. The highest BCUT2D eigenvalue weighted by Gasteiger charge is 2.18. The van der Waals surface area contributed by atoms with Gasteiger partial charge in [0, 0.05) is 21.9 Å². The third-order valence-corrected chi connectivity index (χ3v) is 3.98. The fraction of sp³-hybridized carbons (Fsp3) is 0. The lowest BCUT2D eigenvalue weighted by atomic mass is 10.1. The summed E-state index contributed by atoms with van der Waals surface area (Å²) in [6.07, 6.45) is 0. The Hall–Kier alpha value is -3.14. The van der Waals surface area contributed by atoms with Gasteiger partial charge >= 0.3 is 0 Å². The third-order valence-electron chi connectivity index (χ3n) is 3.98. The average Bonchev–Trinajstić information content (AvgIpc) is 2.71. The summed E-state index contributed by atoms with van der Waals surface area (Å²) in [4.78, 5) is 24.0. The molecule has 0 radical (unpaired) electrons. The number of carbonyl (C=O) groups excluding carboxylic acids is 2. The van der Waals surface area contributed by atoms with E-state index in [0.717, 1.165) is 21.8 Å². The van der Waals surface area contributed by atoms with Gasteiger partial charge in [-0.1, -0.05) is 24.3 Å². The summed E-state index contributed by atoms with van der Waals surface area (Å²) in [6, 6.07) is 18.2. The van der Waals surface area contributed by atoms with Gasteiger partial charge in [-0.25, -0.2) is 0 Å². The van der Waals surface area contributed by atoms with Gasteiger partial charge in [-0.15, -0.1) is 0 Å². The second-order valence-corrected chi connectivity index (χ2v) is 5.23.